The molecule has 23 heavy (non-hydrogen) atoms. The molecule has 0 aliphatic carbocycles. The topological polar surface area (TPSA) is 47.6 Å². The molecule has 0 radical (unpaired) electrons. The molecule has 1 aliphatic heterocycles. The summed E-state index contributed by atoms with van der Waals surface area (Å²) in [7, 11) is 0. The SMILES string of the molecule is CC(C)C(NC(=O)CCOC1CCOCC1)c1ccc(Cl)cc1. The van der Waals surface area contributed by atoms with E-state index < -0.39 is 0 Å². The van der Waals surface area contributed by atoms with Crippen LogP contribution in [-0.2, 0) is 14.3 Å². The predicted octanol–water partition coefficient (Wildman–Crippen LogP) is 3.74. The van der Waals surface area contributed by atoms with Crippen molar-refractivity contribution in [1.82, 2.24) is 5.32 Å². The molecule has 5 heteroatoms. The molecule has 0 aromatic heterocycles. The first-order valence-electron chi connectivity index (χ1n) is 8.30. The number of ether oxygens (including phenoxy) is 2. The second kappa shape index (κ2) is 9.26. The Labute approximate surface area is 143 Å². The summed E-state index contributed by atoms with van der Waals surface area (Å²) in [6.45, 7) is 6.16. The van der Waals surface area contributed by atoms with Gasteiger partial charge < -0.3 is 14.8 Å². The summed E-state index contributed by atoms with van der Waals surface area (Å²) in [5.74, 6) is 0.322. The van der Waals surface area contributed by atoms with Crippen LogP contribution in [-0.4, -0.2) is 31.8 Å². The molecule has 1 fully saturated rings. The first-order valence-corrected chi connectivity index (χ1v) is 8.68. The van der Waals surface area contributed by atoms with Gasteiger partial charge in [0.15, 0.2) is 0 Å². The highest BCUT2D eigenvalue weighted by molar-refractivity contribution is 6.30. The van der Waals surface area contributed by atoms with Crippen molar-refractivity contribution in [2.24, 2.45) is 5.92 Å². The molecule has 1 unspecified atom stereocenters. The minimum absolute atomic E-state index is 0.0113. The van der Waals surface area contributed by atoms with E-state index in [9.17, 15) is 4.79 Å². The number of carbonyl (C=O) groups excluding carboxylic acids is 1. The Bertz CT molecular complexity index is 484. The van der Waals surface area contributed by atoms with Crippen LogP contribution in [0.25, 0.3) is 0 Å². The number of carbonyl (C=O) groups is 1. The molecule has 2 rings (SSSR count). The quantitative estimate of drug-likeness (QED) is 0.823. The van der Waals surface area contributed by atoms with Gasteiger partial charge in [0.2, 0.25) is 5.91 Å². The first-order chi connectivity index (χ1) is 11.1. The van der Waals surface area contributed by atoms with Crippen molar-refractivity contribution in [1.29, 1.82) is 0 Å². The molecular weight excluding hydrogens is 314 g/mol. The lowest BCUT2D eigenvalue weighted by atomic mass is 9.96. The van der Waals surface area contributed by atoms with E-state index in [-0.39, 0.29) is 18.1 Å². The van der Waals surface area contributed by atoms with E-state index in [0.717, 1.165) is 31.6 Å². The largest absolute Gasteiger partial charge is 0.381 e. The number of nitrogens with one attached hydrogen (secondary N) is 1. The fourth-order valence-electron chi connectivity index (χ4n) is 2.71. The Hall–Kier alpha value is -1.10. The van der Waals surface area contributed by atoms with E-state index >= 15 is 0 Å². The van der Waals surface area contributed by atoms with Crippen LogP contribution in [0.5, 0.6) is 0 Å². The third-order valence-electron chi connectivity index (χ3n) is 4.06. The van der Waals surface area contributed by atoms with Gasteiger partial charge in [0.05, 0.1) is 18.8 Å². The Kier molecular flexibility index (Phi) is 7.34. The molecule has 0 bridgehead atoms. The summed E-state index contributed by atoms with van der Waals surface area (Å²) < 4.78 is 11.1. The van der Waals surface area contributed by atoms with Gasteiger partial charge in [-0.25, -0.2) is 0 Å². The molecule has 0 saturated carbocycles. The molecule has 0 spiro atoms. The molecule has 4 nitrogen and oxygen atoms in total. The maximum atomic E-state index is 12.2. The van der Waals surface area contributed by atoms with Crippen molar-refractivity contribution in [2.75, 3.05) is 19.8 Å². The highest BCUT2D eigenvalue weighted by Gasteiger charge is 2.19. The number of halogens is 1. The maximum Gasteiger partial charge on any atom is 0.222 e. The molecule has 1 saturated heterocycles. The fraction of sp³-hybridized carbons (Fsp3) is 0.611. The van der Waals surface area contributed by atoms with Gasteiger partial charge in [-0.1, -0.05) is 37.6 Å². The molecule has 1 aliphatic rings. The number of benzene rings is 1. The molecule has 1 atom stereocenters. The Morgan fingerprint density at radius 1 is 1.30 bits per heavy atom. The third kappa shape index (κ3) is 6.13. The monoisotopic (exact) mass is 339 g/mol. The van der Waals surface area contributed by atoms with Crippen LogP contribution < -0.4 is 5.32 Å². The molecule has 1 heterocycles. The molecular formula is C18H26ClNO3. The molecule has 1 aromatic carbocycles. The van der Waals surface area contributed by atoms with Gasteiger partial charge in [0.1, 0.15) is 0 Å². The van der Waals surface area contributed by atoms with Crippen molar-refractivity contribution >= 4 is 17.5 Å². The van der Waals surface area contributed by atoms with Gasteiger partial charge in [0, 0.05) is 24.7 Å². The van der Waals surface area contributed by atoms with E-state index in [2.05, 4.69) is 19.2 Å². The van der Waals surface area contributed by atoms with E-state index in [4.69, 9.17) is 21.1 Å². The van der Waals surface area contributed by atoms with Crippen LogP contribution >= 0.6 is 11.6 Å². The minimum Gasteiger partial charge on any atom is -0.381 e. The zero-order valence-corrected chi connectivity index (χ0v) is 14.6. The average molecular weight is 340 g/mol. The van der Waals surface area contributed by atoms with Gasteiger partial charge in [-0.15, -0.1) is 0 Å². The second-order valence-electron chi connectivity index (χ2n) is 6.27. The van der Waals surface area contributed by atoms with Gasteiger partial charge in [-0.3, -0.25) is 4.79 Å². The van der Waals surface area contributed by atoms with Crippen LogP contribution in [0.3, 0.4) is 0 Å². The number of hydrogen-bond donors (Lipinski definition) is 1. The van der Waals surface area contributed by atoms with Crippen LogP contribution in [0.15, 0.2) is 24.3 Å². The van der Waals surface area contributed by atoms with Crippen LogP contribution in [0.1, 0.15) is 44.7 Å². The zero-order chi connectivity index (χ0) is 16.7. The van der Waals surface area contributed by atoms with Gasteiger partial charge in [-0.05, 0) is 36.5 Å². The van der Waals surface area contributed by atoms with Crippen LogP contribution in [0, 0.1) is 5.92 Å². The summed E-state index contributed by atoms with van der Waals surface area (Å²) in [6.07, 6.45) is 2.45. The normalized spacial score (nSPS) is 17.2. The maximum absolute atomic E-state index is 12.2. The van der Waals surface area contributed by atoms with Crippen molar-refractivity contribution in [3.8, 4) is 0 Å². The van der Waals surface area contributed by atoms with Crippen molar-refractivity contribution in [3.63, 3.8) is 0 Å². The van der Waals surface area contributed by atoms with Crippen molar-refractivity contribution in [2.45, 2.75) is 45.3 Å². The van der Waals surface area contributed by atoms with Crippen molar-refractivity contribution in [3.05, 3.63) is 34.9 Å². The van der Waals surface area contributed by atoms with Crippen molar-refractivity contribution < 1.29 is 14.3 Å². The van der Waals surface area contributed by atoms with Gasteiger partial charge in [0.25, 0.3) is 0 Å². The number of rotatable bonds is 7. The van der Waals surface area contributed by atoms with Gasteiger partial charge >= 0.3 is 0 Å². The smallest absolute Gasteiger partial charge is 0.222 e. The standard InChI is InChI=1S/C18H26ClNO3/c1-13(2)18(14-3-5-15(19)6-4-14)20-17(21)9-12-23-16-7-10-22-11-8-16/h3-6,13,16,18H,7-12H2,1-2H3,(H,20,21). The Morgan fingerprint density at radius 3 is 2.57 bits per heavy atom. The summed E-state index contributed by atoms with van der Waals surface area (Å²) >= 11 is 5.93. The fourth-order valence-corrected chi connectivity index (χ4v) is 2.84. The van der Waals surface area contributed by atoms with Crippen LogP contribution in [0.4, 0.5) is 0 Å². The molecule has 1 amide bonds. The number of amides is 1. The second-order valence-corrected chi connectivity index (χ2v) is 6.71. The highest BCUT2D eigenvalue weighted by Crippen LogP contribution is 2.23. The van der Waals surface area contributed by atoms with E-state index in [0.29, 0.717) is 24.0 Å². The summed E-state index contributed by atoms with van der Waals surface area (Å²) in [5.41, 5.74) is 1.07. The zero-order valence-electron chi connectivity index (χ0n) is 13.9. The summed E-state index contributed by atoms with van der Waals surface area (Å²) in [5, 5.41) is 3.80. The Morgan fingerprint density at radius 2 is 1.96 bits per heavy atom. The molecule has 1 N–H and O–H groups in total. The highest BCUT2D eigenvalue weighted by atomic mass is 35.5. The molecule has 128 valence electrons. The first kappa shape index (κ1) is 18.2. The lowest BCUT2D eigenvalue weighted by molar-refractivity contribution is -0.124. The summed E-state index contributed by atoms with van der Waals surface area (Å²) in [6, 6.07) is 7.62. The predicted molar refractivity (Wildman–Crippen MR) is 91.6 cm³/mol. The average Bonchev–Trinajstić information content (AvgIpc) is 2.54. The van der Waals surface area contributed by atoms with E-state index in [1.54, 1.807) is 0 Å². The van der Waals surface area contributed by atoms with E-state index in [1.807, 2.05) is 24.3 Å². The van der Waals surface area contributed by atoms with Crippen LogP contribution in [0.2, 0.25) is 5.02 Å². The van der Waals surface area contributed by atoms with E-state index in [1.165, 1.54) is 0 Å². The number of hydrogen-bond acceptors (Lipinski definition) is 3. The lowest BCUT2D eigenvalue weighted by Gasteiger charge is -2.24. The lowest BCUT2D eigenvalue weighted by Crippen LogP contribution is -2.33. The molecule has 1 aromatic rings. The Balaban J connectivity index is 1.79. The van der Waals surface area contributed by atoms with Gasteiger partial charge in [-0.2, -0.15) is 0 Å². The third-order valence-corrected chi connectivity index (χ3v) is 4.32. The summed E-state index contributed by atoms with van der Waals surface area (Å²) in [4.78, 5) is 12.2. The minimum atomic E-state index is -0.0113.